The lowest BCUT2D eigenvalue weighted by molar-refractivity contribution is -0.161. The molecule has 0 bridgehead atoms. The fourth-order valence-corrected chi connectivity index (χ4v) is 7.76. The molecule has 62 heavy (non-hydrogen) atoms. The lowest BCUT2D eigenvalue weighted by Gasteiger charge is -2.21. The van der Waals surface area contributed by atoms with Crippen molar-refractivity contribution in [3.63, 3.8) is 0 Å². The number of hydrogen-bond donors (Lipinski definition) is 2. The van der Waals surface area contributed by atoms with Gasteiger partial charge in [-0.2, -0.15) is 0 Å². The Bertz CT molecular complexity index is 1140. The molecule has 0 amide bonds. The quantitative estimate of drug-likeness (QED) is 0.0197. The van der Waals surface area contributed by atoms with Crippen molar-refractivity contribution in [1.29, 1.82) is 0 Å². The third kappa shape index (κ3) is 43.2. The first-order chi connectivity index (χ1) is 30.2. The highest BCUT2D eigenvalue weighted by atomic mass is 31.2. The average molecular weight is 901 g/mol. The molecule has 0 saturated heterocycles. The summed E-state index contributed by atoms with van der Waals surface area (Å²) in [6, 6.07) is 0. The van der Waals surface area contributed by atoms with Gasteiger partial charge in [0.1, 0.15) is 12.7 Å². The van der Waals surface area contributed by atoms with Crippen molar-refractivity contribution in [1.82, 2.24) is 0 Å². The van der Waals surface area contributed by atoms with Crippen molar-refractivity contribution in [3.05, 3.63) is 24.3 Å². The Balaban J connectivity index is 4.66. The van der Waals surface area contributed by atoms with E-state index in [1.807, 2.05) is 0 Å². The smallest absolute Gasteiger partial charge is 0.462 e. The molecule has 0 aliphatic carbocycles. The number of ether oxygens (including phenoxy) is 3. The van der Waals surface area contributed by atoms with E-state index in [0.29, 0.717) is 19.3 Å². The van der Waals surface area contributed by atoms with Gasteiger partial charge in [-0.25, -0.2) is 4.57 Å². The van der Waals surface area contributed by atoms with E-state index in [1.165, 1.54) is 109 Å². The van der Waals surface area contributed by atoms with Gasteiger partial charge in [-0.05, 0) is 51.4 Å². The Labute approximate surface area is 378 Å². The van der Waals surface area contributed by atoms with Crippen LogP contribution in [0.15, 0.2) is 24.3 Å². The number of carbonyl (C=O) groups excluding carboxylic acids is 3. The molecule has 3 unspecified atom stereocenters. The standard InChI is InChI=1S/C50H93O11P/c1-4-7-10-13-16-19-20-21-22-23-24-25-26-29-30-33-36-39-48(52)57-43-47(61-50(54)41-38-35-32-28-18-15-12-9-6-3)45-59-62(55,56)58-44-46(42-51)60-49(53)40-37-34-31-27-17-14-11-8-5-2/h16,19,21-22,46-47,51H,4-15,17-18,20,23-45H2,1-3H3,(H,55,56)/b19-16-,22-21-. The number of carbonyl (C=O) groups is 3. The molecule has 0 radical (unpaired) electrons. The summed E-state index contributed by atoms with van der Waals surface area (Å²) in [5.41, 5.74) is 0. The molecule has 12 heteroatoms. The van der Waals surface area contributed by atoms with E-state index in [1.54, 1.807) is 0 Å². The second-order valence-electron chi connectivity index (χ2n) is 17.0. The predicted molar refractivity (Wildman–Crippen MR) is 252 cm³/mol. The minimum absolute atomic E-state index is 0.170. The van der Waals surface area contributed by atoms with Gasteiger partial charge in [0, 0.05) is 19.3 Å². The second-order valence-corrected chi connectivity index (χ2v) is 18.4. The molecule has 0 rings (SSSR count). The fourth-order valence-electron chi connectivity index (χ4n) is 6.97. The van der Waals surface area contributed by atoms with E-state index < -0.39 is 57.8 Å². The number of aliphatic hydroxyl groups excluding tert-OH is 1. The van der Waals surface area contributed by atoms with Gasteiger partial charge in [0.15, 0.2) is 6.10 Å². The highest BCUT2D eigenvalue weighted by molar-refractivity contribution is 7.47. The van der Waals surface area contributed by atoms with Gasteiger partial charge in [0.05, 0.1) is 19.8 Å². The minimum Gasteiger partial charge on any atom is -0.462 e. The number of rotatable bonds is 47. The predicted octanol–water partition coefficient (Wildman–Crippen LogP) is 13.9. The first kappa shape index (κ1) is 60.0. The number of allylic oxidation sites excluding steroid dienone is 4. The summed E-state index contributed by atoms with van der Waals surface area (Å²) in [6.45, 7) is 4.56. The van der Waals surface area contributed by atoms with Crippen LogP contribution < -0.4 is 0 Å². The monoisotopic (exact) mass is 901 g/mol. The summed E-state index contributed by atoms with van der Waals surface area (Å²) < 4.78 is 39.2. The van der Waals surface area contributed by atoms with Crippen LogP contribution in [0.4, 0.5) is 0 Å². The third-order valence-electron chi connectivity index (χ3n) is 10.9. The Hall–Kier alpha value is -2.04. The zero-order valence-electron chi connectivity index (χ0n) is 39.9. The largest absolute Gasteiger partial charge is 0.472 e. The summed E-state index contributed by atoms with van der Waals surface area (Å²) in [4.78, 5) is 48.1. The van der Waals surface area contributed by atoms with Gasteiger partial charge in [-0.1, -0.05) is 193 Å². The van der Waals surface area contributed by atoms with Crippen LogP contribution >= 0.6 is 7.82 Å². The summed E-state index contributed by atoms with van der Waals surface area (Å²) in [6.07, 6.45) is 41.6. The molecule has 11 nitrogen and oxygen atoms in total. The number of aliphatic hydroxyl groups is 1. The third-order valence-corrected chi connectivity index (χ3v) is 11.8. The normalized spacial score (nSPS) is 13.7. The van der Waals surface area contributed by atoms with Crippen LogP contribution in [0.5, 0.6) is 0 Å². The van der Waals surface area contributed by atoms with Gasteiger partial charge in [0.25, 0.3) is 0 Å². The lowest BCUT2D eigenvalue weighted by Crippen LogP contribution is -2.30. The van der Waals surface area contributed by atoms with Crippen LogP contribution in [0.2, 0.25) is 0 Å². The van der Waals surface area contributed by atoms with Gasteiger partial charge >= 0.3 is 25.7 Å². The van der Waals surface area contributed by atoms with Crippen LogP contribution in [0.25, 0.3) is 0 Å². The van der Waals surface area contributed by atoms with E-state index in [4.69, 9.17) is 23.3 Å². The van der Waals surface area contributed by atoms with Crippen molar-refractivity contribution < 1.29 is 52.2 Å². The molecule has 0 heterocycles. The highest BCUT2D eigenvalue weighted by Crippen LogP contribution is 2.43. The maximum Gasteiger partial charge on any atom is 0.472 e. The summed E-state index contributed by atoms with van der Waals surface area (Å²) >= 11 is 0. The number of esters is 3. The number of phosphoric ester groups is 1. The van der Waals surface area contributed by atoms with Crippen molar-refractivity contribution in [2.75, 3.05) is 26.4 Å². The van der Waals surface area contributed by atoms with Crippen LogP contribution in [0, 0.1) is 0 Å². The van der Waals surface area contributed by atoms with Gasteiger partial charge < -0.3 is 24.2 Å². The Morgan fingerprint density at radius 2 is 0.790 bits per heavy atom. The molecule has 0 aliphatic heterocycles. The van der Waals surface area contributed by atoms with Crippen molar-refractivity contribution in [3.8, 4) is 0 Å². The SMILES string of the molecule is CCCCC/C=C\C/C=C\CCCCCCCCCC(=O)OCC(COP(=O)(O)OCC(CO)OC(=O)CCCCCCCCCCC)OC(=O)CCCCCCCCCCC. The molecule has 0 fully saturated rings. The molecule has 3 atom stereocenters. The minimum atomic E-state index is -4.72. The zero-order valence-corrected chi connectivity index (χ0v) is 40.7. The maximum absolute atomic E-state index is 12.8. The average Bonchev–Trinajstić information content (AvgIpc) is 3.25. The van der Waals surface area contributed by atoms with E-state index in [-0.39, 0.29) is 25.9 Å². The molecular weight excluding hydrogens is 808 g/mol. The molecule has 2 N–H and O–H groups in total. The van der Waals surface area contributed by atoms with Gasteiger partial charge in [0.2, 0.25) is 0 Å². The lowest BCUT2D eigenvalue weighted by atomic mass is 10.1. The summed E-state index contributed by atoms with van der Waals surface area (Å²) in [5.74, 6) is -1.46. The first-order valence-corrected chi connectivity index (χ1v) is 26.7. The highest BCUT2D eigenvalue weighted by Gasteiger charge is 2.28. The number of unbranched alkanes of at least 4 members (excludes halogenated alkanes) is 26. The molecule has 364 valence electrons. The van der Waals surface area contributed by atoms with Gasteiger partial charge in [-0.3, -0.25) is 23.4 Å². The maximum atomic E-state index is 12.8. The second kappa shape index (κ2) is 45.5. The molecule has 0 saturated carbocycles. The number of phosphoric acid groups is 1. The number of hydrogen-bond acceptors (Lipinski definition) is 10. The van der Waals surface area contributed by atoms with Crippen molar-refractivity contribution >= 4 is 25.7 Å². The summed E-state index contributed by atoms with van der Waals surface area (Å²) in [5, 5.41) is 9.72. The molecule has 0 aromatic carbocycles. The first-order valence-electron chi connectivity index (χ1n) is 25.2. The van der Waals surface area contributed by atoms with Crippen LogP contribution in [-0.4, -0.2) is 66.5 Å². The van der Waals surface area contributed by atoms with E-state index in [9.17, 15) is 28.9 Å². The van der Waals surface area contributed by atoms with Crippen LogP contribution in [0.3, 0.4) is 0 Å². The molecule has 0 aliphatic rings. The molecule has 0 aromatic heterocycles. The fraction of sp³-hybridized carbons (Fsp3) is 0.860. The Morgan fingerprint density at radius 1 is 0.452 bits per heavy atom. The topological polar surface area (TPSA) is 155 Å². The van der Waals surface area contributed by atoms with Crippen LogP contribution in [0.1, 0.15) is 239 Å². The van der Waals surface area contributed by atoms with Crippen molar-refractivity contribution in [2.24, 2.45) is 0 Å². The van der Waals surface area contributed by atoms with E-state index >= 15 is 0 Å². The Kier molecular flexibility index (Phi) is 44.0. The van der Waals surface area contributed by atoms with Crippen molar-refractivity contribution in [2.45, 2.75) is 251 Å². The van der Waals surface area contributed by atoms with Crippen LogP contribution in [-0.2, 0) is 42.2 Å². The molecular formula is C50H93O11P. The molecule has 0 aromatic rings. The zero-order chi connectivity index (χ0) is 45.6. The molecule has 0 spiro atoms. The van der Waals surface area contributed by atoms with E-state index in [2.05, 4.69) is 45.1 Å². The van der Waals surface area contributed by atoms with Gasteiger partial charge in [-0.15, -0.1) is 0 Å². The summed E-state index contributed by atoms with van der Waals surface area (Å²) in [7, 11) is -4.72. The van der Waals surface area contributed by atoms with E-state index in [0.717, 1.165) is 70.6 Å². The Morgan fingerprint density at radius 3 is 1.23 bits per heavy atom.